The highest BCUT2D eigenvalue weighted by Crippen LogP contribution is 2.50. The molecule has 2 N–H and O–H groups in total. The van der Waals surface area contributed by atoms with Crippen LogP contribution in [-0.4, -0.2) is 41.4 Å². The second-order valence-corrected chi connectivity index (χ2v) is 7.43. The Morgan fingerprint density at radius 2 is 1.75 bits per heavy atom. The fourth-order valence-corrected chi connectivity index (χ4v) is 4.10. The molecular weight excluding hydrogens is 306 g/mol. The van der Waals surface area contributed by atoms with E-state index in [0.717, 1.165) is 29.5 Å². The molecule has 4 rings (SSSR count). The summed E-state index contributed by atoms with van der Waals surface area (Å²) in [5.41, 5.74) is 2.01. The Labute approximate surface area is 140 Å². The van der Waals surface area contributed by atoms with Crippen molar-refractivity contribution in [2.75, 3.05) is 13.1 Å². The van der Waals surface area contributed by atoms with Gasteiger partial charge < -0.3 is 10.2 Å². The summed E-state index contributed by atoms with van der Waals surface area (Å²) in [4.78, 5) is 38.4. The minimum Gasteiger partial charge on any atom is -0.339 e. The van der Waals surface area contributed by atoms with Gasteiger partial charge in [0.25, 0.3) is 5.91 Å². The quantitative estimate of drug-likeness (QED) is 0.800. The lowest BCUT2D eigenvalue weighted by Gasteiger charge is -2.26. The maximum absolute atomic E-state index is 13.2. The molecule has 1 spiro atoms. The number of likely N-dealkylation sites (tertiary alicyclic amines) is 1. The van der Waals surface area contributed by atoms with E-state index in [4.69, 9.17) is 0 Å². The summed E-state index contributed by atoms with van der Waals surface area (Å²) in [5, 5.41) is 4.98. The van der Waals surface area contributed by atoms with Crippen molar-refractivity contribution in [3.63, 3.8) is 0 Å². The summed E-state index contributed by atoms with van der Waals surface area (Å²) in [6, 6.07) is 5.82. The molecule has 2 saturated heterocycles. The summed E-state index contributed by atoms with van der Waals surface area (Å²) in [6.07, 6.45) is 2.16. The molecule has 126 valence electrons. The normalized spacial score (nSPS) is 27.3. The first-order chi connectivity index (χ1) is 11.3. The van der Waals surface area contributed by atoms with E-state index in [9.17, 15) is 14.4 Å². The van der Waals surface area contributed by atoms with Crippen molar-refractivity contribution < 1.29 is 14.4 Å². The lowest BCUT2D eigenvalue weighted by molar-refractivity contribution is -0.133. The summed E-state index contributed by atoms with van der Waals surface area (Å²) < 4.78 is 0. The van der Waals surface area contributed by atoms with E-state index < -0.39 is 17.0 Å². The van der Waals surface area contributed by atoms with Crippen molar-refractivity contribution in [2.24, 2.45) is 0 Å². The molecule has 0 radical (unpaired) electrons. The smallest absolute Gasteiger partial charge is 0.322 e. The van der Waals surface area contributed by atoms with Crippen molar-refractivity contribution >= 4 is 17.8 Å². The van der Waals surface area contributed by atoms with E-state index in [2.05, 4.69) is 28.8 Å². The number of nitrogens with one attached hydrogen (secondary N) is 2. The van der Waals surface area contributed by atoms with Gasteiger partial charge in [0.15, 0.2) is 0 Å². The van der Waals surface area contributed by atoms with Crippen LogP contribution in [0.5, 0.6) is 0 Å². The third-order valence-corrected chi connectivity index (χ3v) is 5.50. The topological polar surface area (TPSA) is 78.5 Å². The van der Waals surface area contributed by atoms with Crippen LogP contribution in [0.1, 0.15) is 36.0 Å². The van der Waals surface area contributed by atoms with Gasteiger partial charge >= 0.3 is 6.03 Å². The predicted molar refractivity (Wildman–Crippen MR) is 87.4 cm³/mol. The number of hydrogen-bond donors (Lipinski definition) is 2. The fraction of sp³-hybridized carbons (Fsp3) is 0.500. The van der Waals surface area contributed by atoms with Gasteiger partial charge in [-0.05, 0) is 38.7 Å². The predicted octanol–water partition coefficient (Wildman–Crippen LogP) is 1.15. The molecular formula is C18H21N3O3. The maximum Gasteiger partial charge on any atom is 0.322 e. The molecule has 0 unspecified atom stereocenters. The van der Waals surface area contributed by atoms with Gasteiger partial charge in [-0.1, -0.05) is 29.3 Å². The van der Waals surface area contributed by atoms with E-state index in [0.29, 0.717) is 13.0 Å². The molecule has 1 aromatic rings. The number of nitrogens with zero attached hydrogens (tertiary/aromatic N) is 1. The molecule has 4 amide bonds. The van der Waals surface area contributed by atoms with Gasteiger partial charge in [-0.3, -0.25) is 14.9 Å². The molecule has 0 bridgehead atoms. The molecule has 3 fully saturated rings. The molecule has 1 aliphatic carbocycles. The van der Waals surface area contributed by atoms with Crippen molar-refractivity contribution in [2.45, 2.75) is 44.1 Å². The van der Waals surface area contributed by atoms with Crippen molar-refractivity contribution in [1.82, 2.24) is 15.5 Å². The molecule has 1 aromatic carbocycles. The van der Waals surface area contributed by atoms with Crippen LogP contribution < -0.4 is 10.6 Å². The summed E-state index contributed by atoms with van der Waals surface area (Å²) in [5.74, 6) is -0.239. The summed E-state index contributed by atoms with van der Waals surface area (Å²) >= 11 is 0. The Morgan fingerprint density at radius 1 is 1.08 bits per heavy atom. The monoisotopic (exact) mass is 327 g/mol. The Balaban J connectivity index is 1.58. The van der Waals surface area contributed by atoms with Gasteiger partial charge in [0.05, 0.1) is 12.0 Å². The largest absolute Gasteiger partial charge is 0.339 e. The SMILES string of the molecule is Cc1cc(C)cc(C2(C(=O)N3CC[C@]4(C3)NC(=O)NC4=O)CC2)c1. The highest BCUT2D eigenvalue weighted by molar-refractivity contribution is 6.08. The number of carbonyl (C=O) groups is 3. The van der Waals surface area contributed by atoms with Crippen LogP contribution in [0.4, 0.5) is 4.79 Å². The minimum absolute atomic E-state index is 0.0818. The van der Waals surface area contributed by atoms with Crippen molar-refractivity contribution in [3.05, 3.63) is 34.9 Å². The molecule has 1 atom stereocenters. The molecule has 0 aromatic heterocycles. The first-order valence-electron chi connectivity index (χ1n) is 8.36. The van der Waals surface area contributed by atoms with Crippen LogP contribution in [0, 0.1) is 13.8 Å². The third-order valence-electron chi connectivity index (χ3n) is 5.50. The van der Waals surface area contributed by atoms with Crippen LogP contribution >= 0.6 is 0 Å². The first-order valence-corrected chi connectivity index (χ1v) is 8.36. The third kappa shape index (κ3) is 2.12. The first kappa shape index (κ1) is 15.2. The zero-order valence-electron chi connectivity index (χ0n) is 13.9. The highest BCUT2D eigenvalue weighted by Gasteiger charge is 2.58. The number of amides is 4. The Morgan fingerprint density at radius 3 is 2.29 bits per heavy atom. The number of imide groups is 1. The molecule has 6 heteroatoms. The van der Waals surface area contributed by atoms with Gasteiger partial charge in [0, 0.05) is 6.54 Å². The van der Waals surface area contributed by atoms with Crippen LogP contribution in [0.25, 0.3) is 0 Å². The zero-order valence-corrected chi connectivity index (χ0v) is 13.9. The Bertz CT molecular complexity index is 749. The van der Waals surface area contributed by atoms with E-state index in [1.165, 1.54) is 0 Å². The number of benzene rings is 1. The van der Waals surface area contributed by atoms with Gasteiger partial charge in [-0.25, -0.2) is 4.79 Å². The second kappa shape index (κ2) is 4.82. The second-order valence-electron chi connectivity index (χ2n) is 7.43. The number of hydrogen-bond acceptors (Lipinski definition) is 3. The van der Waals surface area contributed by atoms with Crippen LogP contribution in [0.2, 0.25) is 0 Å². The molecule has 3 aliphatic rings. The van der Waals surface area contributed by atoms with Crippen LogP contribution in [-0.2, 0) is 15.0 Å². The van der Waals surface area contributed by atoms with E-state index >= 15 is 0 Å². The van der Waals surface area contributed by atoms with E-state index in [1.807, 2.05) is 13.8 Å². The Kier molecular flexibility index (Phi) is 3.04. The van der Waals surface area contributed by atoms with Gasteiger partial charge in [-0.15, -0.1) is 0 Å². The zero-order chi connectivity index (χ0) is 17.1. The fourth-order valence-electron chi connectivity index (χ4n) is 4.10. The highest BCUT2D eigenvalue weighted by atomic mass is 16.2. The minimum atomic E-state index is -0.939. The van der Waals surface area contributed by atoms with Gasteiger partial charge in [-0.2, -0.15) is 0 Å². The van der Waals surface area contributed by atoms with E-state index in [1.54, 1.807) is 4.90 Å². The molecule has 6 nitrogen and oxygen atoms in total. The average Bonchev–Trinajstić information content (AvgIpc) is 3.13. The lowest BCUT2D eigenvalue weighted by atomic mass is 9.91. The van der Waals surface area contributed by atoms with Crippen LogP contribution in [0.3, 0.4) is 0 Å². The maximum atomic E-state index is 13.2. The summed E-state index contributed by atoms with van der Waals surface area (Å²) in [7, 11) is 0. The van der Waals surface area contributed by atoms with E-state index in [-0.39, 0.29) is 18.4 Å². The van der Waals surface area contributed by atoms with Gasteiger partial charge in [0.2, 0.25) is 5.91 Å². The number of urea groups is 1. The molecule has 2 heterocycles. The summed E-state index contributed by atoms with van der Waals surface area (Å²) in [6.45, 7) is 4.84. The lowest BCUT2D eigenvalue weighted by Crippen LogP contribution is -2.50. The molecule has 2 aliphatic heterocycles. The number of carbonyl (C=O) groups excluding carboxylic acids is 3. The average molecular weight is 327 g/mol. The Hall–Kier alpha value is -2.37. The van der Waals surface area contributed by atoms with Gasteiger partial charge in [0.1, 0.15) is 5.54 Å². The standard InChI is InChI=1S/C18H21N3O3/c1-11-7-12(2)9-13(8-11)17(3-4-17)15(23)21-6-5-18(10-21)14(22)19-16(24)20-18/h7-9H,3-6,10H2,1-2H3,(H2,19,20,22,24)/t18-/m1/s1. The number of aryl methyl sites for hydroxylation is 2. The van der Waals surface area contributed by atoms with Crippen molar-refractivity contribution in [3.8, 4) is 0 Å². The number of rotatable bonds is 2. The molecule has 1 saturated carbocycles. The van der Waals surface area contributed by atoms with Crippen LogP contribution in [0.15, 0.2) is 18.2 Å². The molecule has 24 heavy (non-hydrogen) atoms. The van der Waals surface area contributed by atoms with Crippen molar-refractivity contribution in [1.29, 1.82) is 0 Å².